The molecule has 0 bridgehead atoms. The van der Waals surface area contributed by atoms with Crippen LogP contribution in [0.5, 0.6) is 0 Å². The van der Waals surface area contributed by atoms with Gasteiger partial charge >= 0.3 is 0 Å². The first kappa shape index (κ1) is 11.0. The van der Waals surface area contributed by atoms with Gasteiger partial charge in [-0.05, 0) is 12.8 Å². The molecule has 0 saturated heterocycles. The monoisotopic (exact) mass is 226 g/mol. The van der Waals surface area contributed by atoms with E-state index in [0.717, 1.165) is 19.4 Å². The zero-order valence-corrected chi connectivity index (χ0v) is 9.98. The second kappa shape index (κ2) is 5.01. The van der Waals surface area contributed by atoms with E-state index < -0.39 is 0 Å². The molecule has 1 fully saturated rings. The highest BCUT2D eigenvalue weighted by atomic mass is 32.2. The van der Waals surface area contributed by atoms with Gasteiger partial charge in [0.25, 0.3) is 5.91 Å². The molecule has 0 aromatic heterocycles. The first-order valence-electron chi connectivity index (χ1n) is 5.77. The van der Waals surface area contributed by atoms with Gasteiger partial charge in [0, 0.05) is 11.3 Å². The van der Waals surface area contributed by atoms with E-state index in [4.69, 9.17) is 0 Å². The lowest BCUT2D eigenvalue weighted by atomic mass is 9.95. The molecule has 4 heteroatoms. The maximum Gasteiger partial charge on any atom is 0.276 e. The Labute approximate surface area is 95.1 Å². The molecule has 3 nitrogen and oxygen atoms in total. The highest BCUT2D eigenvalue weighted by molar-refractivity contribution is 8.16. The van der Waals surface area contributed by atoms with Gasteiger partial charge in [-0.1, -0.05) is 37.9 Å². The van der Waals surface area contributed by atoms with Crippen LogP contribution in [0.15, 0.2) is 4.99 Å². The highest BCUT2D eigenvalue weighted by Gasteiger charge is 2.24. The summed E-state index contributed by atoms with van der Waals surface area (Å²) in [5.74, 6) is 0.0521. The van der Waals surface area contributed by atoms with Gasteiger partial charge in [0.15, 0.2) is 5.04 Å². The topological polar surface area (TPSA) is 41.5 Å². The van der Waals surface area contributed by atoms with Gasteiger partial charge in [-0.3, -0.25) is 9.79 Å². The van der Waals surface area contributed by atoms with Crippen LogP contribution in [-0.4, -0.2) is 28.8 Å². The van der Waals surface area contributed by atoms with Crippen molar-refractivity contribution in [1.82, 2.24) is 5.32 Å². The van der Waals surface area contributed by atoms with E-state index in [9.17, 15) is 4.79 Å². The van der Waals surface area contributed by atoms with Crippen LogP contribution in [0.3, 0.4) is 0 Å². The summed E-state index contributed by atoms with van der Waals surface area (Å²) in [6, 6.07) is 0.394. The largest absolute Gasteiger partial charge is 0.348 e. The van der Waals surface area contributed by atoms with Gasteiger partial charge in [0.1, 0.15) is 0 Å². The summed E-state index contributed by atoms with van der Waals surface area (Å²) in [6.45, 7) is 2.90. The molecule has 84 valence electrons. The Morgan fingerprint density at radius 1 is 1.40 bits per heavy atom. The molecule has 1 saturated carbocycles. The third-order valence-electron chi connectivity index (χ3n) is 2.94. The van der Waals surface area contributed by atoms with Gasteiger partial charge in [-0.2, -0.15) is 0 Å². The molecule has 1 aliphatic carbocycles. The standard InChI is InChI=1S/C11H18N2OS/c1-8-7-12-11(15-8)10(14)13-9-5-3-2-4-6-9/h8-9H,2-7H2,1H3,(H,13,14). The zero-order valence-electron chi connectivity index (χ0n) is 9.16. The van der Waals surface area contributed by atoms with Crippen LogP contribution in [0, 0.1) is 0 Å². The molecule has 0 spiro atoms. The molecule has 1 heterocycles. The van der Waals surface area contributed by atoms with Gasteiger partial charge in [-0.25, -0.2) is 0 Å². The van der Waals surface area contributed by atoms with Crippen LogP contribution in [0.25, 0.3) is 0 Å². The maximum absolute atomic E-state index is 11.8. The van der Waals surface area contributed by atoms with Crippen molar-refractivity contribution in [2.75, 3.05) is 6.54 Å². The van der Waals surface area contributed by atoms with E-state index in [0.29, 0.717) is 16.3 Å². The zero-order chi connectivity index (χ0) is 10.7. The Kier molecular flexibility index (Phi) is 3.67. The Morgan fingerprint density at radius 2 is 2.13 bits per heavy atom. The van der Waals surface area contributed by atoms with Crippen LogP contribution in [-0.2, 0) is 4.79 Å². The van der Waals surface area contributed by atoms with E-state index in [1.54, 1.807) is 11.8 Å². The lowest BCUT2D eigenvalue weighted by molar-refractivity contribution is -0.115. The molecule has 1 aliphatic heterocycles. The number of hydrogen-bond donors (Lipinski definition) is 1. The first-order chi connectivity index (χ1) is 7.25. The molecule has 1 amide bonds. The van der Waals surface area contributed by atoms with Crippen molar-refractivity contribution in [2.24, 2.45) is 4.99 Å². The van der Waals surface area contributed by atoms with Crippen molar-refractivity contribution >= 4 is 22.7 Å². The minimum atomic E-state index is 0.0521. The van der Waals surface area contributed by atoms with E-state index in [1.807, 2.05) is 0 Å². The molecular weight excluding hydrogens is 208 g/mol. The summed E-state index contributed by atoms with van der Waals surface area (Å²) in [5.41, 5.74) is 0. The fraction of sp³-hybridized carbons (Fsp3) is 0.818. The van der Waals surface area contributed by atoms with E-state index in [1.165, 1.54) is 19.3 Å². The van der Waals surface area contributed by atoms with Crippen molar-refractivity contribution in [1.29, 1.82) is 0 Å². The smallest absolute Gasteiger partial charge is 0.276 e. The highest BCUT2D eigenvalue weighted by Crippen LogP contribution is 2.22. The average molecular weight is 226 g/mol. The van der Waals surface area contributed by atoms with Gasteiger partial charge in [-0.15, -0.1) is 0 Å². The Hall–Kier alpha value is -0.510. The molecule has 0 aromatic carbocycles. The van der Waals surface area contributed by atoms with Crippen molar-refractivity contribution in [3.8, 4) is 0 Å². The summed E-state index contributed by atoms with van der Waals surface area (Å²) in [5, 5.41) is 4.25. The maximum atomic E-state index is 11.8. The number of rotatable bonds is 2. The van der Waals surface area contributed by atoms with Gasteiger partial charge < -0.3 is 5.32 Å². The molecule has 0 radical (unpaired) electrons. The predicted molar refractivity (Wildman–Crippen MR) is 64.4 cm³/mol. The van der Waals surface area contributed by atoms with Crippen LogP contribution >= 0.6 is 11.8 Å². The third-order valence-corrected chi connectivity index (χ3v) is 4.03. The Morgan fingerprint density at radius 3 is 2.73 bits per heavy atom. The molecule has 15 heavy (non-hydrogen) atoms. The molecule has 1 N–H and O–H groups in total. The third kappa shape index (κ3) is 2.97. The number of amides is 1. The summed E-state index contributed by atoms with van der Waals surface area (Å²) in [6.07, 6.45) is 6.10. The summed E-state index contributed by atoms with van der Waals surface area (Å²) in [4.78, 5) is 16.0. The average Bonchev–Trinajstić information content (AvgIpc) is 2.66. The van der Waals surface area contributed by atoms with Crippen molar-refractivity contribution in [3.05, 3.63) is 0 Å². The molecule has 2 aliphatic rings. The SMILES string of the molecule is CC1CN=C(C(=O)NC2CCCCC2)S1. The lowest BCUT2D eigenvalue weighted by Gasteiger charge is -2.22. The summed E-state index contributed by atoms with van der Waals surface area (Å²) >= 11 is 1.60. The van der Waals surface area contributed by atoms with Crippen LogP contribution in [0.2, 0.25) is 0 Å². The first-order valence-corrected chi connectivity index (χ1v) is 6.65. The number of aliphatic imine (C=N–C) groups is 1. The minimum absolute atomic E-state index is 0.0521. The summed E-state index contributed by atoms with van der Waals surface area (Å²) < 4.78 is 0. The Balaban J connectivity index is 1.81. The number of thioether (sulfide) groups is 1. The molecular formula is C11H18N2OS. The number of nitrogens with one attached hydrogen (secondary N) is 1. The normalized spacial score (nSPS) is 27.5. The number of carbonyl (C=O) groups excluding carboxylic acids is 1. The van der Waals surface area contributed by atoms with Crippen molar-refractivity contribution in [2.45, 2.75) is 50.3 Å². The fourth-order valence-electron chi connectivity index (χ4n) is 2.10. The lowest BCUT2D eigenvalue weighted by Crippen LogP contribution is -2.39. The van der Waals surface area contributed by atoms with Crippen LogP contribution in [0.4, 0.5) is 0 Å². The van der Waals surface area contributed by atoms with Crippen LogP contribution in [0.1, 0.15) is 39.0 Å². The van der Waals surface area contributed by atoms with E-state index in [2.05, 4.69) is 17.2 Å². The fourth-order valence-corrected chi connectivity index (χ4v) is 2.94. The minimum Gasteiger partial charge on any atom is -0.348 e. The number of carbonyl (C=O) groups is 1. The predicted octanol–water partition coefficient (Wildman–Crippen LogP) is 1.97. The number of nitrogens with zero attached hydrogens (tertiary/aromatic N) is 1. The molecule has 2 rings (SSSR count). The molecule has 0 aromatic rings. The summed E-state index contributed by atoms with van der Waals surface area (Å²) in [7, 11) is 0. The van der Waals surface area contributed by atoms with E-state index >= 15 is 0 Å². The number of hydrogen-bond acceptors (Lipinski definition) is 3. The van der Waals surface area contributed by atoms with Gasteiger partial charge in [0.05, 0.1) is 6.54 Å². The Bertz CT molecular complexity index is 272. The quantitative estimate of drug-likeness (QED) is 0.782. The van der Waals surface area contributed by atoms with Crippen molar-refractivity contribution in [3.63, 3.8) is 0 Å². The second-order valence-corrected chi connectivity index (χ2v) is 5.81. The molecule has 1 atom stereocenters. The van der Waals surface area contributed by atoms with Crippen molar-refractivity contribution < 1.29 is 4.79 Å². The second-order valence-electron chi connectivity index (χ2n) is 4.38. The molecule has 1 unspecified atom stereocenters. The van der Waals surface area contributed by atoms with Gasteiger partial charge in [0.2, 0.25) is 0 Å². The van der Waals surface area contributed by atoms with Crippen LogP contribution < -0.4 is 5.32 Å². The van der Waals surface area contributed by atoms with E-state index in [-0.39, 0.29) is 5.91 Å².